The normalized spacial score (nSPS) is 11.4. The van der Waals surface area contributed by atoms with Gasteiger partial charge in [-0.3, -0.25) is 0 Å². The number of nitrogens with one attached hydrogen (secondary N) is 1. The van der Waals surface area contributed by atoms with E-state index in [1.54, 1.807) is 25.1 Å². The average Bonchev–Trinajstić information content (AvgIpc) is 2.47. The van der Waals surface area contributed by atoms with Gasteiger partial charge in [-0.1, -0.05) is 24.3 Å². The molecular formula is C16H16FNO4S. The minimum Gasteiger partial charge on any atom is -0.478 e. The van der Waals surface area contributed by atoms with Gasteiger partial charge in [0, 0.05) is 6.54 Å². The van der Waals surface area contributed by atoms with E-state index >= 15 is 0 Å². The second-order valence-corrected chi connectivity index (χ2v) is 6.78. The lowest BCUT2D eigenvalue weighted by molar-refractivity contribution is 0.0695. The molecule has 122 valence electrons. The van der Waals surface area contributed by atoms with Crippen molar-refractivity contribution < 1.29 is 22.7 Å². The Kier molecular flexibility index (Phi) is 5.12. The van der Waals surface area contributed by atoms with Crippen molar-refractivity contribution in [2.24, 2.45) is 0 Å². The summed E-state index contributed by atoms with van der Waals surface area (Å²) >= 11 is 0. The van der Waals surface area contributed by atoms with Gasteiger partial charge in [0.2, 0.25) is 10.0 Å². The van der Waals surface area contributed by atoms with Gasteiger partial charge in [0.15, 0.2) is 0 Å². The third-order valence-corrected chi connectivity index (χ3v) is 4.81. The average molecular weight is 337 g/mol. The summed E-state index contributed by atoms with van der Waals surface area (Å²) in [4.78, 5) is 10.7. The van der Waals surface area contributed by atoms with Crippen LogP contribution < -0.4 is 4.72 Å². The van der Waals surface area contributed by atoms with Crippen molar-refractivity contribution in [1.29, 1.82) is 0 Å². The standard InChI is InChI=1S/C16H16FNO4S/c1-11-6-7-15(14(17)10-11)23(21,22)18-9-8-12-4-2-3-5-13(12)16(19)20/h2-7,10,18H,8-9H2,1H3,(H,19,20). The van der Waals surface area contributed by atoms with Crippen LogP contribution in [0.15, 0.2) is 47.4 Å². The first kappa shape index (κ1) is 17.1. The monoisotopic (exact) mass is 337 g/mol. The van der Waals surface area contributed by atoms with E-state index in [4.69, 9.17) is 5.11 Å². The van der Waals surface area contributed by atoms with Gasteiger partial charge in [-0.05, 0) is 42.7 Å². The molecule has 0 bridgehead atoms. The van der Waals surface area contributed by atoms with Crippen LogP contribution in [-0.4, -0.2) is 26.0 Å². The van der Waals surface area contributed by atoms with Gasteiger partial charge >= 0.3 is 5.97 Å². The fourth-order valence-electron chi connectivity index (χ4n) is 2.17. The number of benzene rings is 2. The number of hydrogen-bond donors (Lipinski definition) is 2. The van der Waals surface area contributed by atoms with Gasteiger partial charge in [-0.2, -0.15) is 0 Å². The molecule has 2 N–H and O–H groups in total. The highest BCUT2D eigenvalue weighted by atomic mass is 32.2. The highest BCUT2D eigenvalue weighted by Gasteiger charge is 2.19. The van der Waals surface area contributed by atoms with Gasteiger partial charge in [-0.15, -0.1) is 0 Å². The minimum absolute atomic E-state index is 0.0278. The maximum absolute atomic E-state index is 13.8. The molecule has 0 radical (unpaired) electrons. The molecule has 0 saturated carbocycles. The molecule has 0 saturated heterocycles. The Bertz CT molecular complexity index is 834. The molecule has 0 amide bonds. The SMILES string of the molecule is Cc1ccc(S(=O)(=O)NCCc2ccccc2C(=O)O)c(F)c1. The Morgan fingerprint density at radius 1 is 1.22 bits per heavy atom. The number of aryl methyl sites for hydroxylation is 1. The van der Waals surface area contributed by atoms with Gasteiger partial charge in [-0.25, -0.2) is 22.3 Å². The van der Waals surface area contributed by atoms with Crippen molar-refractivity contribution in [2.45, 2.75) is 18.2 Å². The van der Waals surface area contributed by atoms with Crippen LogP contribution in [-0.2, 0) is 16.4 Å². The Morgan fingerprint density at radius 3 is 2.57 bits per heavy atom. The van der Waals surface area contributed by atoms with Crippen molar-refractivity contribution in [3.8, 4) is 0 Å². The Balaban J connectivity index is 2.10. The fourth-order valence-corrected chi connectivity index (χ4v) is 3.26. The molecule has 0 atom stereocenters. The number of aromatic carboxylic acids is 1. The largest absolute Gasteiger partial charge is 0.478 e. The predicted molar refractivity (Wildman–Crippen MR) is 83.4 cm³/mol. The molecule has 0 spiro atoms. The van der Waals surface area contributed by atoms with E-state index in [-0.39, 0.29) is 18.5 Å². The maximum atomic E-state index is 13.8. The first-order chi connectivity index (χ1) is 10.8. The zero-order valence-corrected chi connectivity index (χ0v) is 13.2. The fraction of sp³-hybridized carbons (Fsp3) is 0.188. The molecular weight excluding hydrogens is 321 g/mol. The number of rotatable bonds is 6. The molecule has 2 aromatic carbocycles. The molecule has 0 heterocycles. The Labute approximate surface area is 133 Å². The Hall–Kier alpha value is -2.25. The van der Waals surface area contributed by atoms with Crippen molar-refractivity contribution in [3.05, 3.63) is 65.0 Å². The van der Waals surface area contributed by atoms with Crippen LogP contribution in [0.2, 0.25) is 0 Å². The van der Waals surface area contributed by atoms with Crippen LogP contribution in [0.1, 0.15) is 21.5 Å². The number of carboxylic acid groups (broad SMARTS) is 1. The van der Waals surface area contributed by atoms with Gasteiger partial charge in [0.1, 0.15) is 10.7 Å². The molecule has 7 heteroatoms. The van der Waals surface area contributed by atoms with Crippen LogP contribution in [0.25, 0.3) is 0 Å². The van der Waals surface area contributed by atoms with E-state index in [0.29, 0.717) is 11.1 Å². The van der Waals surface area contributed by atoms with Gasteiger partial charge < -0.3 is 5.11 Å². The van der Waals surface area contributed by atoms with E-state index in [9.17, 15) is 17.6 Å². The van der Waals surface area contributed by atoms with E-state index in [1.807, 2.05) is 0 Å². The highest BCUT2D eigenvalue weighted by molar-refractivity contribution is 7.89. The lowest BCUT2D eigenvalue weighted by Crippen LogP contribution is -2.27. The number of sulfonamides is 1. The summed E-state index contributed by atoms with van der Waals surface area (Å²) in [6, 6.07) is 10.2. The van der Waals surface area contributed by atoms with Gasteiger partial charge in [0.05, 0.1) is 5.56 Å². The third kappa shape index (κ3) is 4.14. The molecule has 0 unspecified atom stereocenters. The minimum atomic E-state index is -3.98. The summed E-state index contributed by atoms with van der Waals surface area (Å²) in [5, 5.41) is 9.08. The molecule has 0 aromatic heterocycles. The topological polar surface area (TPSA) is 83.5 Å². The van der Waals surface area contributed by atoms with Crippen LogP contribution in [0, 0.1) is 12.7 Å². The van der Waals surface area contributed by atoms with Crippen LogP contribution in [0.5, 0.6) is 0 Å². The summed E-state index contributed by atoms with van der Waals surface area (Å²) in [7, 11) is -3.98. The lowest BCUT2D eigenvalue weighted by Gasteiger charge is -2.09. The summed E-state index contributed by atoms with van der Waals surface area (Å²) in [5.74, 6) is -1.89. The van der Waals surface area contributed by atoms with Gasteiger partial charge in [0.25, 0.3) is 0 Å². The summed E-state index contributed by atoms with van der Waals surface area (Å²) in [5.41, 5.74) is 1.25. The van der Waals surface area contributed by atoms with E-state index in [2.05, 4.69) is 4.72 Å². The molecule has 0 aliphatic heterocycles. The summed E-state index contributed by atoms with van der Waals surface area (Å²) in [6.07, 6.45) is 0.190. The van der Waals surface area contributed by atoms with Crippen LogP contribution >= 0.6 is 0 Å². The van der Waals surface area contributed by atoms with E-state index in [0.717, 1.165) is 6.07 Å². The molecule has 23 heavy (non-hydrogen) atoms. The predicted octanol–water partition coefficient (Wildman–Crippen LogP) is 2.35. The van der Waals surface area contributed by atoms with Crippen LogP contribution in [0.3, 0.4) is 0 Å². The molecule has 2 aromatic rings. The third-order valence-electron chi connectivity index (χ3n) is 3.31. The first-order valence-corrected chi connectivity index (χ1v) is 8.36. The highest BCUT2D eigenvalue weighted by Crippen LogP contribution is 2.16. The summed E-state index contributed by atoms with van der Waals surface area (Å²) < 4.78 is 40.3. The molecule has 2 rings (SSSR count). The van der Waals surface area contributed by atoms with Crippen LogP contribution in [0.4, 0.5) is 4.39 Å². The quantitative estimate of drug-likeness (QED) is 0.847. The maximum Gasteiger partial charge on any atom is 0.335 e. The van der Waals surface area contributed by atoms with Crippen molar-refractivity contribution in [3.63, 3.8) is 0 Å². The summed E-state index contributed by atoms with van der Waals surface area (Å²) in [6.45, 7) is 1.63. The molecule has 0 fully saturated rings. The number of halogens is 1. The Morgan fingerprint density at radius 2 is 1.91 bits per heavy atom. The molecule has 0 aliphatic carbocycles. The van der Waals surface area contributed by atoms with E-state index in [1.165, 1.54) is 18.2 Å². The molecule has 5 nitrogen and oxygen atoms in total. The number of carbonyl (C=O) groups is 1. The first-order valence-electron chi connectivity index (χ1n) is 6.88. The number of hydrogen-bond acceptors (Lipinski definition) is 3. The lowest BCUT2D eigenvalue weighted by atomic mass is 10.1. The smallest absolute Gasteiger partial charge is 0.335 e. The second kappa shape index (κ2) is 6.89. The number of carboxylic acids is 1. The van der Waals surface area contributed by atoms with Crippen molar-refractivity contribution in [2.75, 3.05) is 6.54 Å². The zero-order valence-electron chi connectivity index (χ0n) is 12.4. The van der Waals surface area contributed by atoms with Crippen molar-refractivity contribution in [1.82, 2.24) is 4.72 Å². The zero-order chi connectivity index (χ0) is 17.0. The molecule has 0 aliphatic rings. The van der Waals surface area contributed by atoms with Crippen molar-refractivity contribution >= 4 is 16.0 Å². The van der Waals surface area contributed by atoms with E-state index < -0.39 is 26.7 Å². The second-order valence-electron chi connectivity index (χ2n) is 5.04.